The van der Waals surface area contributed by atoms with Crippen LogP contribution in [0.1, 0.15) is 0 Å². The molecule has 1 aromatic carbocycles. The maximum Gasteiger partial charge on any atom is 0.364 e. The molecule has 3 nitrogen and oxygen atoms in total. The smallest absolute Gasteiger partial charge is 0.364 e. The molecule has 5 heteroatoms. The Morgan fingerprint density at radius 1 is 1.16 bits per heavy atom. The van der Waals surface area contributed by atoms with Gasteiger partial charge in [-0.15, -0.1) is 0 Å². The van der Waals surface area contributed by atoms with Crippen LogP contribution in [0.5, 0.6) is 0 Å². The van der Waals surface area contributed by atoms with E-state index in [-0.39, 0.29) is 10.5 Å². The number of ether oxygens (including phenoxy) is 1. The average Bonchev–Trinajstić information content (AvgIpc) is 2.82. The van der Waals surface area contributed by atoms with Gasteiger partial charge in [-0.2, -0.15) is 0 Å². The predicted molar refractivity (Wildman–Crippen MR) is 81.5 cm³/mol. The highest BCUT2D eigenvalue weighted by Gasteiger charge is 2.16. The molecule has 1 atom stereocenters. The maximum absolute atomic E-state index is 5.63. The van der Waals surface area contributed by atoms with Gasteiger partial charge in [0, 0.05) is 19.3 Å². The Labute approximate surface area is 121 Å². The first kappa shape index (κ1) is 13.0. The minimum absolute atomic E-state index is 0.0509. The minimum atomic E-state index is -0.0509. The van der Waals surface area contributed by atoms with Gasteiger partial charge < -0.3 is 4.74 Å². The van der Waals surface area contributed by atoms with Gasteiger partial charge in [0.05, 0.1) is 25.3 Å². The van der Waals surface area contributed by atoms with Crippen molar-refractivity contribution in [1.29, 1.82) is 0 Å². The molecule has 2 aromatic rings. The Balaban J connectivity index is 1.81. The number of hydrogen-bond acceptors (Lipinski definition) is 3. The first-order chi connectivity index (χ1) is 9.34. The largest absolute Gasteiger partial charge is 0.379 e. The summed E-state index contributed by atoms with van der Waals surface area (Å²) in [5.41, 5.74) is 0. The third-order valence-corrected chi connectivity index (χ3v) is 5.81. The molecule has 1 aromatic heterocycles. The topological polar surface area (TPSA) is 17.4 Å². The van der Waals surface area contributed by atoms with Crippen molar-refractivity contribution in [3.05, 3.63) is 45.9 Å². The summed E-state index contributed by atoms with van der Waals surface area (Å²) >= 11 is 5.63. The highest BCUT2D eigenvalue weighted by atomic mass is 32.2. The number of aromatic nitrogens is 1. The zero-order valence-electron chi connectivity index (χ0n) is 10.7. The van der Waals surface area contributed by atoms with Crippen LogP contribution in [0.25, 0.3) is 4.90 Å². The molecule has 0 spiro atoms. The van der Waals surface area contributed by atoms with Gasteiger partial charge in [0.1, 0.15) is 4.90 Å². The summed E-state index contributed by atoms with van der Waals surface area (Å²) in [6, 6.07) is 10.5. The molecular formula is C14H17N2OS2+. The van der Waals surface area contributed by atoms with E-state index in [0.29, 0.717) is 0 Å². The van der Waals surface area contributed by atoms with Crippen molar-refractivity contribution in [2.45, 2.75) is 6.67 Å². The van der Waals surface area contributed by atoms with Crippen LogP contribution in [0.3, 0.4) is 0 Å². The Kier molecular flexibility index (Phi) is 4.08. The normalized spacial score (nSPS) is 17.6. The molecule has 1 aliphatic rings. The monoisotopic (exact) mass is 293 g/mol. The molecule has 1 saturated heterocycles. The molecule has 0 bridgehead atoms. The van der Waals surface area contributed by atoms with Crippen molar-refractivity contribution in [2.75, 3.05) is 26.3 Å². The van der Waals surface area contributed by atoms with E-state index >= 15 is 0 Å². The molecule has 0 N–H and O–H groups in total. The number of benzene rings is 1. The van der Waals surface area contributed by atoms with Crippen molar-refractivity contribution < 1.29 is 4.74 Å². The van der Waals surface area contributed by atoms with Crippen molar-refractivity contribution in [3.8, 4) is 4.90 Å². The average molecular weight is 293 g/mol. The van der Waals surface area contributed by atoms with Crippen molar-refractivity contribution in [3.63, 3.8) is 0 Å². The Bertz CT molecular complexity index is 585. The highest BCUT2D eigenvalue weighted by Crippen LogP contribution is 2.31. The fourth-order valence-electron chi connectivity index (χ4n) is 2.19. The second kappa shape index (κ2) is 5.96. The van der Waals surface area contributed by atoms with Crippen LogP contribution >= 0.6 is 22.7 Å². The lowest BCUT2D eigenvalue weighted by molar-refractivity contribution is 0.0234. The van der Waals surface area contributed by atoms with Gasteiger partial charge in [0.15, 0.2) is 0 Å². The fraction of sp³-hybridized carbons (Fsp3) is 0.357. The summed E-state index contributed by atoms with van der Waals surface area (Å²) in [7, 11) is -0.0509. The third-order valence-electron chi connectivity index (χ3n) is 3.25. The molecule has 2 heterocycles. The van der Waals surface area contributed by atoms with Crippen LogP contribution in [-0.4, -0.2) is 35.8 Å². The van der Waals surface area contributed by atoms with Gasteiger partial charge in [0.25, 0.3) is 12.2 Å². The summed E-state index contributed by atoms with van der Waals surface area (Å²) in [4.78, 5) is 3.69. The van der Waals surface area contributed by atoms with Crippen molar-refractivity contribution in [1.82, 2.24) is 9.47 Å². The molecular weight excluding hydrogens is 276 g/mol. The number of hydrogen-bond donors (Lipinski definition) is 0. The minimum Gasteiger partial charge on any atom is -0.379 e. The van der Waals surface area contributed by atoms with Crippen molar-refractivity contribution >= 4 is 22.7 Å². The number of nitrogens with zero attached hydrogens (tertiary/aromatic N) is 2. The molecule has 0 amide bonds. The zero-order valence-corrected chi connectivity index (χ0v) is 12.3. The summed E-state index contributed by atoms with van der Waals surface area (Å²) in [6.45, 7) is 4.52. The molecule has 1 aliphatic heterocycles. The quantitative estimate of drug-likeness (QED) is 0.639. The molecule has 3 rings (SSSR count). The molecule has 0 aliphatic carbocycles. The predicted octanol–water partition coefficient (Wildman–Crippen LogP) is 3.25. The van der Waals surface area contributed by atoms with Crippen LogP contribution in [-0.2, 0) is 11.4 Å². The van der Waals surface area contributed by atoms with Gasteiger partial charge in [-0.1, -0.05) is 18.2 Å². The molecule has 1 unspecified atom stereocenters. The van der Waals surface area contributed by atoms with Crippen LogP contribution in [0.15, 0.2) is 41.9 Å². The van der Waals surface area contributed by atoms with E-state index in [1.165, 1.54) is 4.90 Å². The summed E-state index contributed by atoms with van der Waals surface area (Å²) in [6.07, 6.45) is 2.13. The Morgan fingerprint density at radius 3 is 2.63 bits per heavy atom. The lowest BCUT2D eigenvalue weighted by Crippen LogP contribution is -2.37. The number of thiazole rings is 1. The fourth-order valence-corrected chi connectivity index (χ4v) is 4.33. The van der Waals surface area contributed by atoms with E-state index in [2.05, 4.69) is 45.3 Å². The Hall–Kier alpha value is -1.01. The number of morpholine rings is 1. The molecule has 100 valence electrons. The first-order valence-corrected chi connectivity index (χ1v) is 8.11. The second-order valence-corrected chi connectivity index (χ2v) is 6.99. The van der Waals surface area contributed by atoms with E-state index in [9.17, 15) is 0 Å². The van der Waals surface area contributed by atoms with Crippen molar-refractivity contribution in [2.24, 2.45) is 0 Å². The van der Waals surface area contributed by atoms with Crippen LogP contribution < -0.4 is 0 Å². The standard InChI is InChI=1S/C14H17N2OS2/c18-14-16(12-15-6-9-17-10-7-15)8-11-19(14)13-4-2-1-3-5-13/h1-5,8,11H,6-7,9-10,12H2/q+1. The number of rotatable bonds is 3. The van der Waals surface area contributed by atoms with Gasteiger partial charge in [0.2, 0.25) is 0 Å². The lowest BCUT2D eigenvalue weighted by atomic mass is 10.4. The molecule has 1 fully saturated rings. The Morgan fingerprint density at radius 2 is 1.89 bits per heavy atom. The molecule has 19 heavy (non-hydrogen) atoms. The first-order valence-electron chi connectivity index (χ1n) is 6.42. The van der Waals surface area contributed by atoms with Gasteiger partial charge in [-0.05, 0) is 22.6 Å². The summed E-state index contributed by atoms with van der Waals surface area (Å²) in [5, 5.41) is 2.22. The van der Waals surface area contributed by atoms with Gasteiger partial charge in [-0.25, -0.2) is 0 Å². The second-order valence-electron chi connectivity index (χ2n) is 4.54. The lowest BCUT2D eigenvalue weighted by Gasteiger charge is -2.26. The van der Waals surface area contributed by atoms with Gasteiger partial charge >= 0.3 is 3.95 Å². The van der Waals surface area contributed by atoms with E-state index in [1.54, 1.807) is 0 Å². The van der Waals surface area contributed by atoms with E-state index in [4.69, 9.17) is 17.0 Å². The van der Waals surface area contributed by atoms with Gasteiger partial charge in [-0.3, -0.25) is 9.47 Å². The van der Waals surface area contributed by atoms with Crippen LogP contribution in [0.4, 0.5) is 0 Å². The molecule has 0 saturated carbocycles. The highest BCUT2D eigenvalue weighted by molar-refractivity contribution is 7.74. The third kappa shape index (κ3) is 2.95. The van der Waals surface area contributed by atoms with E-state index in [1.807, 2.05) is 6.07 Å². The summed E-state index contributed by atoms with van der Waals surface area (Å²) < 4.78 is 8.59. The van der Waals surface area contributed by atoms with Crippen LogP contribution in [0.2, 0.25) is 0 Å². The maximum atomic E-state index is 5.63. The van der Waals surface area contributed by atoms with E-state index < -0.39 is 0 Å². The summed E-state index contributed by atoms with van der Waals surface area (Å²) in [5.74, 6) is 0. The SMILES string of the molecule is S=c1n(CN2CCOCC2)cc[s+]1-c1ccccc1. The molecule has 0 radical (unpaired) electrons. The van der Waals surface area contributed by atoms with E-state index in [0.717, 1.165) is 36.9 Å². The zero-order chi connectivity index (χ0) is 13.1. The van der Waals surface area contributed by atoms with Crippen LogP contribution in [0, 0.1) is 3.95 Å².